The Bertz CT molecular complexity index is 400. The second-order valence-electron chi connectivity index (χ2n) is 3.18. The average Bonchev–Trinajstić information content (AvgIpc) is 2.28. The molecule has 0 radical (unpaired) electrons. The number of nitrogens with two attached hydrogens (primary N) is 1. The minimum absolute atomic E-state index is 0.342. The van der Waals surface area contributed by atoms with Crippen LogP contribution in [0.2, 0.25) is 0 Å². The quantitative estimate of drug-likeness (QED) is 0.462. The Hall–Kier alpha value is -1.97. The summed E-state index contributed by atoms with van der Waals surface area (Å²) in [5.74, 6) is -0.342. The Kier molecular flexibility index (Phi) is 4.39. The van der Waals surface area contributed by atoms with Gasteiger partial charge in [-0.05, 0) is 30.7 Å². The SMILES string of the molecule is CCOC(=O)/C=C/c1ccc(N)c(NC)c1. The predicted octanol–water partition coefficient (Wildman–Crippen LogP) is 1.89. The lowest BCUT2D eigenvalue weighted by atomic mass is 10.1. The van der Waals surface area contributed by atoms with Crippen molar-refractivity contribution in [2.45, 2.75) is 6.92 Å². The van der Waals surface area contributed by atoms with Crippen LogP contribution in [0.1, 0.15) is 12.5 Å². The lowest BCUT2D eigenvalue weighted by Crippen LogP contribution is -1.99. The minimum atomic E-state index is -0.342. The smallest absolute Gasteiger partial charge is 0.330 e. The van der Waals surface area contributed by atoms with Gasteiger partial charge in [-0.25, -0.2) is 4.79 Å². The van der Waals surface area contributed by atoms with Crippen LogP contribution in [-0.4, -0.2) is 19.6 Å². The summed E-state index contributed by atoms with van der Waals surface area (Å²) in [6, 6.07) is 5.49. The average molecular weight is 220 g/mol. The number of esters is 1. The first-order valence-corrected chi connectivity index (χ1v) is 5.09. The first-order valence-electron chi connectivity index (χ1n) is 5.09. The van der Waals surface area contributed by atoms with Crippen LogP contribution in [0.5, 0.6) is 0 Å². The van der Waals surface area contributed by atoms with Crippen LogP contribution in [0, 0.1) is 0 Å². The predicted molar refractivity (Wildman–Crippen MR) is 66.1 cm³/mol. The van der Waals surface area contributed by atoms with Crippen LogP contribution in [0.4, 0.5) is 11.4 Å². The first kappa shape index (κ1) is 12.1. The van der Waals surface area contributed by atoms with Crippen LogP contribution in [0.15, 0.2) is 24.3 Å². The van der Waals surface area contributed by atoms with Gasteiger partial charge in [0.15, 0.2) is 0 Å². The van der Waals surface area contributed by atoms with E-state index in [-0.39, 0.29) is 5.97 Å². The number of carbonyl (C=O) groups excluding carboxylic acids is 1. The molecule has 4 heteroatoms. The second kappa shape index (κ2) is 5.80. The molecule has 1 rings (SSSR count). The number of rotatable bonds is 4. The van der Waals surface area contributed by atoms with Gasteiger partial charge in [-0.1, -0.05) is 6.07 Å². The van der Waals surface area contributed by atoms with Crippen LogP contribution < -0.4 is 11.1 Å². The summed E-state index contributed by atoms with van der Waals surface area (Å²) < 4.78 is 4.78. The number of ether oxygens (including phenoxy) is 1. The van der Waals surface area contributed by atoms with Gasteiger partial charge in [0.1, 0.15) is 0 Å². The van der Waals surface area contributed by atoms with Crippen molar-refractivity contribution in [1.82, 2.24) is 0 Å². The lowest BCUT2D eigenvalue weighted by molar-refractivity contribution is -0.137. The number of hydrogen-bond donors (Lipinski definition) is 2. The maximum Gasteiger partial charge on any atom is 0.330 e. The number of nitrogens with one attached hydrogen (secondary N) is 1. The Morgan fingerprint density at radius 1 is 1.56 bits per heavy atom. The van der Waals surface area contributed by atoms with Crippen molar-refractivity contribution in [2.75, 3.05) is 24.7 Å². The van der Waals surface area contributed by atoms with Crippen LogP contribution in [0.25, 0.3) is 6.08 Å². The molecular weight excluding hydrogens is 204 g/mol. The van der Waals surface area contributed by atoms with Gasteiger partial charge in [0.2, 0.25) is 0 Å². The van der Waals surface area contributed by atoms with E-state index in [0.29, 0.717) is 12.3 Å². The zero-order valence-corrected chi connectivity index (χ0v) is 9.49. The zero-order chi connectivity index (χ0) is 12.0. The molecule has 16 heavy (non-hydrogen) atoms. The third-order valence-corrected chi connectivity index (χ3v) is 2.05. The molecule has 0 aliphatic rings. The molecule has 86 valence electrons. The van der Waals surface area contributed by atoms with Gasteiger partial charge in [0, 0.05) is 13.1 Å². The maximum absolute atomic E-state index is 11.1. The van der Waals surface area contributed by atoms with Crippen molar-refractivity contribution >= 4 is 23.4 Å². The molecule has 0 atom stereocenters. The number of hydrogen-bond acceptors (Lipinski definition) is 4. The normalized spacial score (nSPS) is 10.4. The molecule has 0 aliphatic carbocycles. The fraction of sp³-hybridized carbons (Fsp3) is 0.250. The highest BCUT2D eigenvalue weighted by molar-refractivity contribution is 5.87. The molecule has 0 aromatic heterocycles. The van der Waals surface area contributed by atoms with Crippen molar-refractivity contribution in [2.24, 2.45) is 0 Å². The monoisotopic (exact) mass is 220 g/mol. The van der Waals surface area contributed by atoms with E-state index in [1.54, 1.807) is 26.1 Å². The Labute approximate surface area is 95.1 Å². The van der Waals surface area contributed by atoms with Gasteiger partial charge >= 0.3 is 5.97 Å². The van der Waals surface area contributed by atoms with Crippen molar-refractivity contribution in [1.29, 1.82) is 0 Å². The fourth-order valence-electron chi connectivity index (χ4n) is 1.25. The Morgan fingerprint density at radius 3 is 2.94 bits per heavy atom. The van der Waals surface area contributed by atoms with Crippen molar-refractivity contribution in [3.8, 4) is 0 Å². The molecule has 0 saturated heterocycles. The molecule has 0 amide bonds. The van der Waals surface area contributed by atoms with E-state index in [2.05, 4.69) is 5.32 Å². The molecular formula is C12H16N2O2. The molecule has 4 nitrogen and oxygen atoms in total. The van der Waals surface area contributed by atoms with Gasteiger partial charge in [0.25, 0.3) is 0 Å². The van der Waals surface area contributed by atoms with Crippen molar-refractivity contribution < 1.29 is 9.53 Å². The molecule has 0 heterocycles. The van der Waals surface area contributed by atoms with E-state index in [4.69, 9.17) is 10.5 Å². The zero-order valence-electron chi connectivity index (χ0n) is 9.49. The largest absolute Gasteiger partial charge is 0.463 e. The van der Waals surface area contributed by atoms with Crippen LogP contribution >= 0.6 is 0 Å². The highest BCUT2D eigenvalue weighted by Crippen LogP contribution is 2.19. The molecule has 0 fully saturated rings. The number of nitrogen functional groups attached to an aromatic ring is 1. The highest BCUT2D eigenvalue weighted by Gasteiger charge is 1.98. The Morgan fingerprint density at radius 2 is 2.31 bits per heavy atom. The van der Waals surface area contributed by atoms with E-state index in [9.17, 15) is 4.79 Å². The van der Waals surface area contributed by atoms with Crippen molar-refractivity contribution in [3.05, 3.63) is 29.8 Å². The van der Waals surface area contributed by atoms with Crippen LogP contribution in [0.3, 0.4) is 0 Å². The van der Waals surface area contributed by atoms with Gasteiger partial charge in [0.05, 0.1) is 18.0 Å². The highest BCUT2D eigenvalue weighted by atomic mass is 16.5. The lowest BCUT2D eigenvalue weighted by Gasteiger charge is -2.05. The molecule has 0 bridgehead atoms. The maximum atomic E-state index is 11.1. The molecule has 0 saturated carbocycles. The van der Waals surface area contributed by atoms with E-state index < -0.39 is 0 Å². The molecule has 0 spiro atoms. The second-order valence-corrected chi connectivity index (χ2v) is 3.18. The summed E-state index contributed by atoms with van der Waals surface area (Å²) in [7, 11) is 1.80. The number of benzene rings is 1. The van der Waals surface area contributed by atoms with E-state index in [1.807, 2.05) is 12.1 Å². The van der Waals surface area contributed by atoms with Gasteiger partial charge in [-0.2, -0.15) is 0 Å². The first-order chi connectivity index (χ1) is 7.67. The Balaban J connectivity index is 2.78. The van der Waals surface area contributed by atoms with Gasteiger partial charge in [-0.15, -0.1) is 0 Å². The molecule has 1 aromatic carbocycles. The van der Waals surface area contributed by atoms with E-state index in [0.717, 1.165) is 11.3 Å². The molecule has 1 aromatic rings. The van der Waals surface area contributed by atoms with Gasteiger partial charge < -0.3 is 15.8 Å². The standard InChI is InChI=1S/C12H16N2O2/c1-3-16-12(15)7-5-9-4-6-10(13)11(8-9)14-2/h4-8,14H,3,13H2,1-2H3/b7-5+. The van der Waals surface area contributed by atoms with Crippen LogP contribution in [-0.2, 0) is 9.53 Å². The summed E-state index contributed by atoms with van der Waals surface area (Å²) in [6.45, 7) is 2.15. The van der Waals surface area contributed by atoms with E-state index >= 15 is 0 Å². The third kappa shape index (κ3) is 3.31. The van der Waals surface area contributed by atoms with Crippen molar-refractivity contribution in [3.63, 3.8) is 0 Å². The minimum Gasteiger partial charge on any atom is -0.463 e. The summed E-state index contributed by atoms with van der Waals surface area (Å²) in [5, 5.41) is 2.97. The summed E-state index contributed by atoms with van der Waals surface area (Å²) in [4.78, 5) is 11.1. The summed E-state index contributed by atoms with van der Waals surface area (Å²) in [6.07, 6.45) is 3.09. The molecule has 3 N–H and O–H groups in total. The summed E-state index contributed by atoms with van der Waals surface area (Å²) in [5.41, 5.74) is 8.14. The van der Waals surface area contributed by atoms with Gasteiger partial charge in [-0.3, -0.25) is 0 Å². The fourth-order valence-corrected chi connectivity index (χ4v) is 1.25. The molecule has 0 aliphatic heterocycles. The molecule has 0 unspecified atom stereocenters. The van der Waals surface area contributed by atoms with E-state index in [1.165, 1.54) is 6.08 Å². The number of anilines is 2. The topological polar surface area (TPSA) is 64.3 Å². The third-order valence-electron chi connectivity index (χ3n) is 2.05. The number of carbonyl (C=O) groups is 1. The summed E-state index contributed by atoms with van der Waals surface area (Å²) >= 11 is 0.